The number of aliphatic hydroxyl groups is 1. The quantitative estimate of drug-likeness (QED) is 0.597. The maximum absolute atomic E-state index is 11.3. The van der Waals surface area contributed by atoms with Crippen LogP contribution in [0.3, 0.4) is 0 Å². The molecule has 27 heavy (non-hydrogen) atoms. The molecule has 136 valence electrons. The van der Waals surface area contributed by atoms with Crippen molar-refractivity contribution in [3.8, 4) is 0 Å². The highest BCUT2D eigenvalue weighted by Gasteiger charge is 2.32. The van der Waals surface area contributed by atoms with Crippen molar-refractivity contribution in [3.63, 3.8) is 0 Å². The van der Waals surface area contributed by atoms with Crippen LogP contribution in [0.1, 0.15) is 11.9 Å². The molecule has 4 rings (SSSR count). The molecule has 0 bridgehead atoms. The Morgan fingerprint density at radius 2 is 2.11 bits per heavy atom. The second kappa shape index (κ2) is 6.68. The van der Waals surface area contributed by atoms with Crippen molar-refractivity contribution >= 4 is 61.8 Å². The monoisotopic (exact) mass is 398 g/mol. The van der Waals surface area contributed by atoms with Gasteiger partial charge < -0.3 is 15.3 Å². The van der Waals surface area contributed by atoms with Crippen LogP contribution in [0.5, 0.6) is 0 Å². The second-order valence-corrected chi connectivity index (χ2v) is 7.53. The molecule has 2 heterocycles. The number of aliphatic hydroxyl groups excluding tert-OH is 1. The Balaban J connectivity index is 1.71. The maximum Gasteiger partial charge on any atom is 0.221 e. The lowest BCUT2D eigenvalue weighted by Crippen LogP contribution is -2.26. The number of hydrogen-bond donors (Lipinski definition) is 3. The van der Waals surface area contributed by atoms with Gasteiger partial charge in [-0.3, -0.25) is 10.2 Å². The number of carbonyl (C=O) groups excluding carboxylic acids is 1. The number of hydrogen-bond acceptors (Lipinski definition) is 5. The molecule has 6 nitrogen and oxygen atoms in total. The Bertz CT molecular complexity index is 1090. The molecule has 0 fully saturated rings. The summed E-state index contributed by atoms with van der Waals surface area (Å²) < 4.78 is 0.990. The van der Waals surface area contributed by atoms with Gasteiger partial charge in [0.1, 0.15) is 16.6 Å². The van der Waals surface area contributed by atoms with E-state index in [9.17, 15) is 9.90 Å². The molecule has 0 atom stereocenters. The first-order valence-corrected chi connectivity index (χ1v) is 9.35. The molecule has 0 spiro atoms. The van der Waals surface area contributed by atoms with Crippen molar-refractivity contribution in [3.05, 3.63) is 58.3 Å². The van der Waals surface area contributed by atoms with Gasteiger partial charge in [-0.05, 0) is 30.3 Å². The molecule has 1 aliphatic heterocycles. The van der Waals surface area contributed by atoms with Crippen molar-refractivity contribution in [2.24, 2.45) is 0 Å². The number of thiazole rings is 1. The zero-order valence-corrected chi connectivity index (χ0v) is 15.9. The summed E-state index contributed by atoms with van der Waals surface area (Å²) in [6.45, 7) is 1.54. The number of benzene rings is 2. The molecule has 0 unspecified atom stereocenters. The summed E-state index contributed by atoms with van der Waals surface area (Å²) in [7, 11) is 0. The third-order valence-electron chi connectivity index (χ3n) is 4.17. The van der Waals surface area contributed by atoms with Gasteiger partial charge in [0.15, 0.2) is 0 Å². The predicted octanol–water partition coefficient (Wildman–Crippen LogP) is 4.67. The van der Waals surface area contributed by atoms with E-state index >= 15 is 0 Å². The number of fused-ring (bicyclic) bond motifs is 1. The Morgan fingerprint density at radius 3 is 2.85 bits per heavy atom. The van der Waals surface area contributed by atoms with Crippen LogP contribution in [0.2, 0.25) is 5.02 Å². The van der Waals surface area contributed by atoms with Gasteiger partial charge in [0.25, 0.3) is 0 Å². The molecular weight excluding hydrogens is 384 g/mol. The van der Waals surface area contributed by atoms with Crippen molar-refractivity contribution in [1.29, 1.82) is 5.41 Å². The van der Waals surface area contributed by atoms with Crippen LogP contribution in [0, 0.1) is 5.41 Å². The summed E-state index contributed by atoms with van der Waals surface area (Å²) in [6.07, 6.45) is 0. The standard InChI is InChI=1S/C19H15ClN4O2S/c1-10(25)22-11-6-7-12(20)14(8-11)24-9-15(26)17(18(24)21)19-23-13-4-2-3-5-16(13)27-19/h2-8,21,26H,9H2,1H3,(H,22,25). The zero-order valence-electron chi connectivity index (χ0n) is 14.3. The minimum atomic E-state index is -0.198. The molecule has 2 aromatic carbocycles. The normalized spacial score (nSPS) is 14.3. The van der Waals surface area contributed by atoms with E-state index in [0.29, 0.717) is 27.0 Å². The Morgan fingerprint density at radius 1 is 1.33 bits per heavy atom. The minimum absolute atomic E-state index is 0.0695. The van der Waals surface area contributed by atoms with E-state index in [4.69, 9.17) is 17.0 Å². The van der Waals surface area contributed by atoms with E-state index in [1.807, 2.05) is 24.3 Å². The van der Waals surface area contributed by atoms with Gasteiger partial charge in [-0.1, -0.05) is 23.7 Å². The number of aromatic nitrogens is 1. The first-order chi connectivity index (χ1) is 12.9. The molecule has 0 aliphatic carbocycles. The summed E-state index contributed by atoms with van der Waals surface area (Å²) in [5, 5.41) is 22.8. The van der Waals surface area contributed by atoms with Gasteiger partial charge >= 0.3 is 0 Å². The number of para-hydroxylation sites is 1. The van der Waals surface area contributed by atoms with Crippen molar-refractivity contribution in [2.45, 2.75) is 6.92 Å². The molecule has 0 radical (unpaired) electrons. The summed E-state index contributed by atoms with van der Waals surface area (Å²) in [5.74, 6) is -0.00982. The number of amides is 1. The van der Waals surface area contributed by atoms with Gasteiger partial charge in [0, 0.05) is 12.6 Å². The summed E-state index contributed by atoms with van der Waals surface area (Å²) in [5.41, 5.74) is 2.34. The SMILES string of the molecule is CC(=O)Nc1ccc(Cl)c(N2CC(O)=C(c3nc4ccccc4s3)C2=N)c1. The lowest BCUT2D eigenvalue weighted by atomic mass is 10.2. The van der Waals surface area contributed by atoms with Crippen LogP contribution in [0.25, 0.3) is 15.8 Å². The predicted molar refractivity (Wildman–Crippen MR) is 110 cm³/mol. The molecule has 0 saturated heterocycles. The third-order valence-corrected chi connectivity index (χ3v) is 5.54. The first kappa shape index (κ1) is 17.5. The van der Waals surface area contributed by atoms with E-state index in [0.717, 1.165) is 10.2 Å². The zero-order chi connectivity index (χ0) is 19.1. The van der Waals surface area contributed by atoms with Crippen LogP contribution in [0.4, 0.5) is 11.4 Å². The molecule has 1 amide bonds. The molecule has 3 aromatic rings. The van der Waals surface area contributed by atoms with Crippen molar-refractivity contribution in [1.82, 2.24) is 4.98 Å². The van der Waals surface area contributed by atoms with E-state index in [2.05, 4.69) is 10.3 Å². The molecule has 1 aliphatic rings. The Kier molecular flexibility index (Phi) is 4.33. The summed E-state index contributed by atoms with van der Waals surface area (Å²) in [6, 6.07) is 12.7. The molecule has 3 N–H and O–H groups in total. The van der Waals surface area contributed by atoms with Gasteiger partial charge in [-0.15, -0.1) is 11.3 Å². The lowest BCUT2D eigenvalue weighted by molar-refractivity contribution is -0.114. The minimum Gasteiger partial charge on any atom is -0.510 e. The van der Waals surface area contributed by atoms with Crippen LogP contribution < -0.4 is 10.2 Å². The van der Waals surface area contributed by atoms with Gasteiger partial charge in [-0.25, -0.2) is 4.98 Å². The van der Waals surface area contributed by atoms with Crippen molar-refractivity contribution in [2.75, 3.05) is 16.8 Å². The highest BCUT2D eigenvalue weighted by atomic mass is 35.5. The smallest absolute Gasteiger partial charge is 0.221 e. The largest absolute Gasteiger partial charge is 0.510 e. The summed E-state index contributed by atoms with van der Waals surface area (Å²) >= 11 is 7.75. The topological polar surface area (TPSA) is 89.3 Å². The van der Waals surface area contributed by atoms with Gasteiger partial charge in [0.2, 0.25) is 5.91 Å². The fourth-order valence-electron chi connectivity index (χ4n) is 2.99. The highest BCUT2D eigenvalue weighted by molar-refractivity contribution is 7.19. The summed E-state index contributed by atoms with van der Waals surface area (Å²) in [4.78, 5) is 17.5. The fourth-order valence-corrected chi connectivity index (χ4v) is 4.24. The molecule has 1 aromatic heterocycles. The second-order valence-electron chi connectivity index (χ2n) is 6.09. The number of nitrogens with zero attached hydrogens (tertiary/aromatic N) is 2. The number of anilines is 2. The van der Waals surface area contributed by atoms with Gasteiger partial charge in [0.05, 0.1) is 33.0 Å². The van der Waals surface area contributed by atoms with Crippen molar-refractivity contribution < 1.29 is 9.90 Å². The number of amidine groups is 1. The van der Waals surface area contributed by atoms with E-state index in [1.54, 1.807) is 23.1 Å². The van der Waals surface area contributed by atoms with Gasteiger partial charge in [-0.2, -0.15) is 0 Å². The fraction of sp³-hybridized carbons (Fsp3) is 0.105. The molecular formula is C19H15ClN4O2S. The van der Waals surface area contributed by atoms with Crippen LogP contribution >= 0.6 is 22.9 Å². The average Bonchev–Trinajstić information content (AvgIpc) is 3.16. The van der Waals surface area contributed by atoms with E-state index in [1.165, 1.54) is 18.3 Å². The third kappa shape index (κ3) is 3.15. The first-order valence-electron chi connectivity index (χ1n) is 8.15. The van der Waals surface area contributed by atoms with E-state index < -0.39 is 0 Å². The van der Waals surface area contributed by atoms with Crippen LogP contribution in [-0.2, 0) is 4.79 Å². The highest BCUT2D eigenvalue weighted by Crippen LogP contribution is 2.38. The van der Waals surface area contributed by atoms with E-state index in [-0.39, 0.29) is 24.0 Å². The number of nitrogens with one attached hydrogen (secondary N) is 2. The molecule has 0 saturated carbocycles. The van der Waals surface area contributed by atoms with Crippen LogP contribution in [0.15, 0.2) is 48.2 Å². The lowest BCUT2D eigenvalue weighted by Gasteiger charge is -2.21. The maximum atomic E-state index is 11.3. The number of rotatable bonds is 3. The number of halogens is 1. The average molecular weight is 399 g/mol. The molecule has 8 heteroatoms. The van der Waals surface area contributed by atoms with Crippen LogP contribution in [-0.4, -0.2) is 28.4 Å². The Hall–Kier alpha value is -2.90. The number of carbonyl (C=O) groups is 1. The Labute approximate surface area is 164 Å².